The van der Waals surface area contributed by atoms with Gasteiger partial charge in [-0.2, -0.15) is 0 Å². The van der Waals surface area contributed by atoms with Crippen LogP contribution in [0.1, 0.15) is 30.8 Å². The Morgan fingerprint density at radius 3 is 3.00 bits per heavy atom. The van der Waals surface area contributed by atoms with E-state index in [0.29, 0.717) is 18.7 Å². The van der Waals surface area contributed by atoms with Crippen LogP contribution in [0.5, 0.6) is 0 Å². The fraction of sp³-hybridized carbons (Fsp3) is 0.727. The molecule has 2 atom stereocenters. The maximum Gasteiger partial charge on any atom is 0.194 e. The minimum absolute atomic E-state index is 0.0315. The zero-order chi connectivity index (χ0) is 12.5. The van der Waals surface area contributed by atoms with Crippen molar-refractivity contribution >= 4 is 9.84 Å². The molecule has 0 bridgehead atoms. The Labute approximate surface area is 101 Å². The molecule has 0 spiro atoms. The van der Waals surface area contributed by atoms with Crippen molar-refractivity contribution in [2.75, 3.05) is 18.1 Å². The number of hydrogen-bond acceptors (Lipinski definition) is 5. The minimum Gasteiger partial charge on any atom is -0.449 e. The van der Waals surface area contributed by atoms with Gasteiger partial charge in [0, 0.05) is 12.3 Å². The maximum absolute atomic E-state index is 11.3. The van der Waals surface area contributed by atoms with Gasteiger partial charge in [0.1, 0.15) is 6.26 Å². The predicted molar refractivity (Wildman–Crippen MR) is 62.5 cm³/mol. The van der Waals surface area contributed by atoms with Gasteiger partial charge in [0.15, 0.2) is 15.7 Å². The third-order valence-electron chi connectivity index (χ3n) is 3.14. The van der Waals surface area contributed by atoms with Crippen LogP contribution in [0.25, 0.3) is 0 Å². The zero-order valence-electron chi connectivity index (χ0n) is 9.80. The number of rotatable bonds is 4. The first-order valence-corrected chi connectivity index (χ1v) is 7.58. The Hall–Kier alpha value is -0.880. The fourth-order valence-corrected chi connectivity index (χ4v) is 3.88. The largest absolute Gasteiger partial charge is 0.449 e. The number of aromatic nitrogens is 1. The number of sulfone groups is 1. The highest BCUT2D eigenvalue weighted by Crippen LogP contribution is 2.23. The van der Waals surface area contributed by atoms with Crippen LogP contribution in [-0.4, -0.2) is 36.6 Å². The van der Waals surface area contributed by atoms with Crippen LogP contribution in [0.3, 0.4) is 0 Å². The summed E-state index contributed by atoms with van der Waals surface area (Å²) in [6.07, 6.45) is 2.80. The number of hydrogen-bond donors (Lipinski definition) is 1. The quantitative estimate of drug-likeness (QED) is 0.863. The van der Waals surface area contributed by atoms with Gasteiger partial charge in [-0.05, 0) is 12.3 Å². The molecule has 2 heterocycles. The summed E-state index contributed by atoms with van der Waals surface area (Å²) < 4.78 is 27.9. The second-order valence-electron chi connectivity index (χ2n) is 4.72. The van der Waals surface area contributed by atoms with Crippen molar-refractivity contribution in [3.63, 3.8) is 0 Å². The molecule has 96 valence electrons. The van der Waals surface area contributed by atoms with Crippen molar-refractivity contribution in [2.24, 2.45) is 5.92 Å². The van der Waals surface area contributed by atoms with Crippen molar-refractivity contribution in [3.05, 3.63) is 17.8 Å². The molecule has 1 fully saturated rings. The highest BCUT2D eigenvalue weighted by atomic mass is 32.2. The van der Waals surface area contributed by atoms with Crippen molar-refractivity contribution in [3.8, 4) is 0 Å². The molecule has 5 nitrogen and oxygen atoms in total. The van der Waals surface area contributed by atoms with E-state index in [0.717, 1.165) is 5.69 Å². The molecule has 1 aliphatic heterocycles. The monoisotopic (exact) mass is 259 g/mol. The molecule has 0 amide bonds. The van der Waals surface area contributed by atoms with E-state index in [9.17, 15) is 8.42 Å². The average Bonchev–Trinajstić information content (AvgIpc) is 2.85. The molecule has 1 aromatic rings. The number of nitrogens with zero attached hydrogens (tertiary/aromatic N) is 1. The summed E-state index contributed by atoms with van der Waals surface area (Å²) in [4.78, 5) is 4.27. The van der Waals surface area contributed by atoms with Gasteiger partial charge in [0.2, 0.25) is 0 Å². The summed E-state index contributed by atoms with van der Waals surface area (Å²) in [6.45, 7) is 1.89. The summed E-state index contributed by atoms with van der Waals surface area (Å²) in [6, 6.07) is 0. The molecule has 2 rings (SSSR count). The van der Waals surface area contributed by atoms with Gasteiger partial charge < -0.3 is 9.52 Å². The lowest BCUT2D eigenvalue weighted by molar-refractivity contribution is 0.271. The van der Waals surface area contributed by atoms with E-state index in [4.69, 9.17) is 9.52 Å². The Balaban J connectivity index is 1.98. The summed E-state index contributed by atoms with van der Waals surface area (Å²) in [5.74, 6) is 1.16. The summed E-state index contributed by atoms with van der Waals surface area (Å²) in [5.41, 5.74) is 0.725. The van der Waals surface area contributed by atoms with Gasteiger partial charge in [-0.3, -0.25) is 0 Å². The number of aliphatic hydroxyl groups is 1. The van der Waals surface area contributed by atoms with Crippen LogP contribution in [-0.2, 0) is 16.3 Å². The van der Waals surface area contributed by atoms with Crippen LogP contribution in [0, 0.1) is 5.92 Å². The molecule has 2 unspecified atom stereocenters. The average molecular weight is 259 g/mol. The molecule has 0 aromatic carbocycles. The lowest BCUT2D eigenvalue weighted by Crippen LogP contribution is -2.08. The molecule has 1 N–H and O–H groups in total. The van der Waals surface area contributed by atoms with Gasteiger partial charge in [0.05, 0.1) is 23.8 Å². The van der Waals surface area contributed by atoms with Crippen LogP contribution in [0.2, 0.25) is 0 Å². The molecule has 1 aromatic heterocycles. The maximum atomic E-state index is 11.3. The second-order valence-corrected chi connectivity index (χ2v) is 6.95. The van der Waals surface area contributed by atoms with Crippen molar-refractivity contribution in [2.45, 2.75) is 25.7 Å². The van der Waals surface area contributed by atoms with Crippen LogP contribution < -0.4 is 0 Å². The van der Waals surface area contributed by atoms with E-state index in [1.807, 2.05) is 6.92 Å². The summed E-state index contributed by atoms with van der Waals surface area (Å²) in [7, 11) is -2.84. The van der Waals surface area contributed by atoms with Gasteiger partial charge in [-0.25, -0.2) is 13.4 Å². The lowest BCUT2D eigenvalue weighted by atomic mass is 10.1. The van der Waals surface area contributed by atoms with Gasteiger partial charge in [0.25, 0.3) is 0 Å². The molecule has 0 radical (unpaired) electrons. The molecular formula is C11H17NO4S. The molecular weight excluding hydrogens is 242 g/mol. The van der Waals surface area contributed by atoms with E-state index in [1.54, 1.807) is 6.26 Å². The Bertz CT molecular complexity index is 479. The smallest absolute Gasteiger partial charge is 0.194 e. The van der Waals surface area contributed by atoms with Crippen LogP contribution in [0.4, 0.5) is 0 Å². The SMILES string of the molecule is CC(CO)c1coc(CC2CCS(=O)(=O)C2)n1. The molecule has 0 aliphatic carbocycles. The van der Waals surface area contributed by atoms with Gasteiger partial charge >= 0.3 is 0 Å². The first-order valence-electron chi connectivity index (χ1n) is 5.76. The Morgan fingerprint density at radius 1 is 1.65 bits per heavy atom. The Morgan fingerprint density at radius 2 is 2.41 bits per heavy atom. The van der Waals surface area contributed by atoms with Gasteiger partial charge in [-0.15, -0.1) is 0 Å². The molecule has 0 saturated carbocycles. The Kier molecular flexibility index (Phi) is 3.53. The van der Waals surface area contributed by atoms with E-state index in [1.165, 1.54) is 0 Å². The van der Waals surface area contributed by atoms with Crippen LogP contribution in [0.15, 0.2) is 10.7 Å². The van der Waals surface area contributed by atoms with Crippen LogP contribution >= 0.6 is 0 Å². The van der Waals surface area contributed by atoms with Crippen molar-refractivity contribution in [1.29, 1.82) is 0 Å². The normalized spacial score (nSPS) is 24.9. The molecule has 17 heavy (non-hydrogen) atoms. The predicted octanol–water partition coefficient (Wildman–Crippen LogP) is 0.748. The number of oxazole rings is 1. The van der Waals surface area contributed by atoms with Crippen molar-refractivity contribution in [1.82, 2.24) is 4.98 Å². The van der Waals surface area contributed by atoms with Crippen molar-refractivity contribution < 1.29 is 17.9 Å². The van der Waals surface area contributed by atoms with E-state index < -0.39 is 9.84 Å². The third-order valence-corrected chi connectivity index (χ3v) is 4.98. The highest BCUT2D eigenvalue weighted by molar-refractivity contribution is 7.91. The molecule has 6 heteroatoms. The summed E-state index contributed by atoms with van der Waals surface area (Å²) in [5, 5.41) is 8.99. The molecule has 1 saturated heterocycles. The zero-order valence-corrected chi connectivity index (χ0v) is 10.6. The lowest BCUT2D eigenvalue weighted by Gasteiger charge is -2.03. The fourth-order valence-electron chi connectivity index (χ4n) is 2.02. The topological polar surface area (TPSA) is 80.4 Å². The first kappa shape index (κ1) is 12.6. The van der Waals surface area contributed by atoms with E-state index in [2.05, 4.69) is 4.98 Å². The summed E-state index contributed by atoms with van der Waals surface area (Å²) >= 11 is 0. The van der Waals surface area contributed by atoms with E-state index >= 15 is 0 Å². The minimum atomic E-state index is -2.84. The standard InChI is InChI=1S/C11H17NO4S/c1-8(5-13)10-6-16-11(12-10)4-9-2-3-17(14,15)7-9/h6,8-9,13H,2-5,7H2,1H3. The molecule has 1 aliphatic rings. The number of aliphatic hydroxyl groups excluding tert-OH is 1. The highest BCUT2D eigenvalue weighted by Gasteiger charge is 2.29. The second kappa shape index (κ2) is 4.78. The third kappa shape index (κ3) is 3.07. The van der Waals surface area contributed by atoms with Gasteiger partial charge in [-0.1, -0.05) is 6.92 Å². The van der Waals surface area contributed by atoms with E-state index in [-0.39, 0.29) is 29.9 Å². The first-order chi connectivity index (χ1) is 8.00.